The van der Waals surface area contributed by atoms with Gasteiger partial charge in [-0.25, -0.2) is 4.98 Å². The number of amides is 1. The van der Waals surface area contributed by atoms with Crippen LogP contribution in [0.1, 0.15) is 50.2 Å². The second-order valence-corrected chi connectivity index (χ2v) is 8.75. The maximum Gasteiger partial charge on any atom is 0.248 e. The summed E-state index contributed by atoms with van der Waals surface area (Å²) in [5.74, 6) is 1.47. The molecule has 3 aromatic carbocycles. The van der Waals surface area contributed by atoms with Crippen LogP contribution >= 0.6 is 0 Å². The van der Waals surface area contributed by atoms with Crippen LogP contribution in [0.2, 0.25) is 0 Å². The lowest BCUT2D eigenvalue weighted by Gasteiger charge is -2.27. The summed E-state index contributed by atoms with van der Waals surface area (Å²) in [6.07, 6.45) is 1.25. The number of aryl methyl sites for hydroxylation is 2. The summed E-state index contributed by atoms with van der Waals surface area (Å²) >= 11 is 0. The highest BCUT2D eigenvalue weighted by Crippen LogP contribution is 2.30. The second kappa shape index (κ2) is 11.9. The third-order valence-electron chi connectivity index (χ3n) is 6.36. The minimum Gasteiger partial charge on any atom is -0.483 e. The van der Waals surface area contributed by atoms with Crippen molar-refractivity contribution in [3.8, 4) is 5.75 Å². The molecule has 0 bridgehead atoms. The molecule has 6 heteroatoms. The van der Waals surface area contributed by atoms with E-state index >= 15 is 0 Å². The first-order valence-electron chi connectivity index (χ1n) is 12.7. The van der Waals surface area contributed by atoms with Crippen molar-refractivity contribution in [2.24, 2.45) is 0 Å². The summed E-state index contributed by atoms with van der Waals surface area (Å²) in [7, 11) is 0. The van der Waals surface area contributed by atoms with Gasteiger partial charge in [-0.3, -0.25) is 9.69 Å². The van der Waals surface area contributed by atoms with Crippen molar-refractivity contribution in [3.05, 3.63) is 89.7 Å². The van der Waals surface area contributed by atoms with E-state index in [0.717, 1.165) is 45.8 Å². The molecule has 0 radical (unpaired) electrons. The van der Waals surface area contributed by atoms with Gasteiger partial charge in [0.2, 0.25) is 5.91 Å². The highest BCUT2D eigenvalue weighted by atomic mass is 16.5. The number of imidazole rings is 1. The third kappa shape index (κ3) is 5.44. The number of carbonyl (C=O) groups excluding carboxylic acids is 1. The van der Waals surface area contributed by atoms with Gasteiger partial charge in [0.05, 0.1) is 16.7 Å². The highest BCUT2D eigenvalue weighted by molar-refractivity contribution is 5.95. The molecule has 1 heterocycles. The average molecular weight is 486 g/mol. The van der Waals surface area contributed by atoms with Crippen LogP contribution in [0.5, 0.6) is 5.75 Å². The summed E-state index contributed by atoms with van der Waals surface area (Å²) in [5.41, 5.74) is 4.86. The Morgan fingerprint density at radius 1 is 0.972 bits per heavy atom. The molecule has 0 spiro atoms. The first-order valence-corrected chi connectivity index (χ1v) is 12.7. The maximum absolute atomic E-state index is 14.0. The monoisotopic (exact) mass is 485 g/mol. The third-order valence-corrected chi connectivity index (χ3v) is 6.36. The molecule has 0 aliphatic carbocycles. The number of rotatable bonds is 11. The van der Waals surface area contributed by atoms with Gasteiger partial charge in [-0.1, -0.05) is 62.4 Å². The standard InChI is InChI=1S/C30H35N3O3/c1-5-23-15-13-14-22(4)29(23)33(21-35-7-3)28(34)20-32-26-19-12-11-18-25(26)31-30(32)27(6-2)36-24-16-9-8-10-17-24/h8-19,27H,5-7,20-21H2,1-4H3. The Balaban J connectivity index is 1.74. The lowest BCUT2D eigenvalue weighted by molar-refractivity contribution is -0.120. The van der Waals surface area contributed by atoms with E-state index in [0.29, 0.717) is 13.0 Å². The van der Waals surface area contributed by atoms with Crippen LogP contribution in [0.4, 0.5) is 5.69 Å². The van der Waals surface area contributed by atoms with E-state index in [9.17, 15) is 4.79 Å². The van der Waals surface area contributed by atoms with Crippen LogP contribution in [0.15, 0.2) is 72.8 Å². The number of fused-ring (bicyclic) bond motifs is 1. The number of nitrogens with zero attached hydrogens (tertiary/aromatic N) is 3. The van der Waals surface area contributed by atoms with Crippen molar-refractivity contribution in [2.75, 3.05) is 18.2 Å². The van der Waals surface area contributed by atoms with Gasteiger partial charge >= 0.3 is 0 Å². The lowest BCUT2D eigenvalue weighted by atomic mass is 10.0. The van der Waals surface area contributed by atoms with Gasteiger partial charge in [-0.05, 0) is 62.1 Å². The van der Waals surface area contributed by atoms with Gasteiger partial charge in [0.1, 0.15) is 19.0 Å². The SMILES string of the molecule is CCOCN(C(=O)Cn1c(C(CC)Oc2ccccc2)nc2ccccc21)c1c(C)cccc1CC. The Labute approximate surface area is 213 Å². The van der Waals surface area contributed by atoms with E-state index in [1.54, 1.807) is 4.90 Å². The van der Waals surface area contributed by atoms with Crippen molar-refractivity contribution in [1.29, 1.82) is 0 Å². The molecule has 0 aliphatic heterocycles. The zero-order valence-electron chi connectivity index (χ0n) is 21.6. The number of anilines is 1. The minimum atomic E-state index is -0.294. The van der Waals surface area contributed by atoms with Crippen LogP contribution in [0.3, 0.4) is 0 Å². The number of hydrogen-bond donors (Lipinski definition) is 0. The molecule has 1 amide bonds. The average Bonchev–Trinajstić information content (AvgIpc) is 3.26. The fourth-order valence-corrected chi connectivity index (χ4v) is 4.54. The molecule has 0 N–H and O–H groups in total. The number of aromatic nitrogens is 2. The summed E-state index contributed by atoms with van der Waals surface area (Å²) in [4.78, 5) is 20.6. The van der Waals surface area contributed by atoms with Gasteiger partial charge in [0.15, 0.2) is 11.9 Å². The van der Waals surface area contributed by atoms with Gasteiger partial charge in [0, 0.05) is 6.61 Å². The molecule has 188 valence electrons. The summed E-state index contributed by atoms with van der Waals surface area (Å²) in [6.45, 7) is 9.02. The number of benzene rings is 3. The van der Waals surface area contributed by atoms with Crippen LogP contribution in [0.25, 0.3) is 11.0 Å². The Morgan fingerprint density at radius 3 is 2.44 bits per heavy atom. The van der Waals surface area contributed by atoms with Gasteiger partial charge in [-0.2, -0.15) is 0 Å². The zero-order chi connectivity index (χ0) is 25.5. The van der Waals surface area contributed by atoms with E-state index in [1.807, 2.05) is 85.1 Å². The Bertz CT molecular complexity index is 1300. The maximum atomic E-state index is 14.0. The summed E-state index contributed by atoms with van der Waals surface area (Å²) in [6, 6.07) is 23.8. The van der Waals surface area contributed by atoms with Gasteiger partial charge in [-0.15, -0.1) is 0 Å². The van der Waals surface area contributed by atoms with E-state index in [-0.39, 0.29) is 25.3 Å². The molecule has 4 rings (SSSR count). The van der Waals surface area contributed by atoms with E-state index in [4.69, 9.17) is 14.5 Å². The van der Waals surface area contributed by atoms with Crippen molar-refractivity contribution in [2.45, 2.75) is 53.2 Å². The predicted octanol–water partition coefficient (Wildman–Crippen LogP) is 6.46. The summed E-state index contributed by atoms with van der Waals surface area (Å²) < 4.78 is 14.1. The molecule has 1 unspecified atom stereocenters. The molecular weight excluding hydrogens is 450 g/mol. The minimum absolute atomic E-state index is 0.0496. The van der Waals surface area contributed by atoms with E-state index < -0.39 is 0 Å². The first-order chi connectivity index (χ1) is 17.6. The van der Waals surface area contributed by atoms with Crippen molar-refractivity contribution < 1.29 is 14.3 Å². The molecular formula is C30H35N3O3. The largest absolute Gasteiger partial charge is 0.483 e. The predicted molar refractivity (Wildman–Crippen MR) is 144 cm³/mol. The molecule has 4 aromatic rings. The number of carbonyl (C=O) groups is 1. The van der Waals surface area contributed by atoms with Crippen LogP contribution in [-0.2, 0) is 22.5 Å². The smallest absolute Gasteiger partial charge is 0.248 e. The fraction of sp³-hybridized carbons (Fsp3) is 0.333. The molecule has 0 saturated carbocycles. The molecule has 1 aromatic heterocycles. The molecule has 0 saturated heterocycles. The first kappa shape index (κ1) is 25.5. The molecule has 36 heavy (non-hydrogen) atoms. The zero-order valence-corrected chi connectivity index (χ0v) is 21.6. The normalized spacial score (nSPS) is 12.0. The fourth-order valence-electron chi connectivity index (χ4n) is 4.54. The van der Waals surface area contributed by atoms with Gasteiger partial charge < -0.3 is 14.0 Å². The number of hydrogen-bond acceptors (Lipinski definition) is 4. The quantitative estimate of drug-likeness (QED) is 0.229. The Morgan fingerprint density at radius 2 is 1.72 bits per heavy atom. The molecule has 0 fully saturated rings. The Hall–Kier alpha value is -3.64. The van der Waals surface area contributed by atoms with E-state index in [1.165, 1.54) is 0 Å². The van der Waals surface area contributed by atoms with Crippen molar-refractivity contribution >= 4 is 22.6 Å². The van der Waals surface area contributed by atoms with Gasteiger partial charge in [0.25, 0.3) is 0 Å². The van der Waals surface area contributed by atoms with E-state index in [2.05, 4.69) is 19.9 Å². The van der Waals surface area contributed by atoms with Crippen LogP contribution < -0.4 is 9.64 Å². The summed E-state index contributed by atoms with van der Waals surface area (Å²) in [5, 5.41) is 0. The molecule has 6 nitrogen and oxygen atoms in total. The van der Waals surface area contributed by atoms with Crippen molar-refractivity contribution in [1.82, 2.24) is 9.55 Å². The van der Waals surface area contributed by atoms with Crippen LogP contribution in [-0.4, -0.2) is 28.8 Å². The lowest BCUT2D eigenvalue weighted by Crippen LogP contribution is -2.37. The molecule has 1 atom stereocenters. The topological polar surface area (TPSA) is 56.6 Å². The Kier molecular flexibility index (Phi) is 8.39. The van der Waals surface area contributed by atoms with Crippen LogP contribution in [0, 0.1) is 6.92 Å². The van der Waals surface area contributed by atoms with Crippen molar-refractivity contribution in [3.63, 3.8) is 0 Å². The molecule has 0 aliphatic rings. The number of para-hydroxylation sites is 4. The number of ether oxygens (including phenoxy) is 2. The highest BCUT2D eigenvalue weighted by Gasteiger charge is 2.26. The second-order valence-electron chi connectivity index (χ2n) is 8.75.